The normalized spacial score (nSPS) is 40.2. The third kappa shape index (κ3) is 10.3. The third-order valence-corrected chi connectivity index (χ3v) is 9.28. The summed E-state index contributed by atoms with van der Waals surface area (Å²) in [5.74, 6) is -2.98. The number of amides is 3. The predicted molar refractivity (Wildman–Crippen MR) is 168 cm³/mol. The molecular formula is C28H48IN3O16. The van der Waals surface area contributed by atoms with Crippen molar-refractivity contribution in [3.05, 3.63) is 0 Å². The van der Waals surface area contributed by atoms with Gasteiger partial charge in [0.15, 0.2) is 6.29 Å². The fraction of sp³-hybridized carbons (Fsp3) is 0.893. The van der Waals surface area contributed by atoms with E-state index in [1.807, 2.05) is 0 Å². The number of carbonyl (C=O) groups excluding carboxylic acids is 3. The molecule has 10 N–H and O–H groups in total. The van der Waals surface area contributed by atoms with E-state index in [4.69, 9.17) is 26.8 Å². The molecule has 3 heterocycles. The zero-order valence-corrected chi connectivity index (χ0v) is 29.0. The van der Waals surface area contributed by atoms with E-state index >= 15 is 0 Å². The van der Waals surface area contributed by atoms with Crippen molar-refractivity contribution < 1.29 is 76.9 Å². The lowest BCUT2D eigenvalue weighted by Crippen LogP contribution is -2.65. The van der Waals surface area contributed by atoms with Crippen molar-refractivity contribution in [1.82, 2.24) is 16.0 Å². The molecule has 3 saturated heterocycles. The van der Waals surface area contributed by atoms with Crippen LogP contribution in [0, 0.1) is 11.8 Å². The zero-order valence-electron chi connectivity index (χ0n) is 26.8. The SMILES string of the molecule is CC(=O)NC1[C@H](COC[C@H]2C(CO)O[C@@H](COC[C@@H]3C(CO)O[C@@H](O)C(NC(C)=O)[C@H]3O)C(NC(C)=O)[C@H]2OI)OC(CO)[C@@H](O)[C@@H]1O. The topological polar surface area (TPSA) is 284 Å². The van der Waals surface area contributed by atoms with E-state index in [2.05, 4.69) is 16.0 Å². The number of halogens is 1. The molecule has 3 rings (SSSR count). The van der Waals surface area contributed by atoms with Crippen molar-refractivity contribution in [1.29, 1.82) is 0 Å². The smallest absolute Gasteiger partial charge is 0.217 e. The minimum absolute atomic E-state index is 0.117. The first-order valence-corrected chi connectivity index (χ1v) is 16.4. The molecule has 3 amide bonds. The number of hydrogen-bond donors (Lipinski definition) is 10. The summed E-state index contributed by atoms with van der Waals surface area (Å²) in [5, 5.41) is 79.3. The minimum atomic E-state index is -1.57. The summed E-state index contributed by atoms with van der Waals surface area (Å²) in [6.07, 6.45) is -11.5. The van der Waals surface area contributed by atoms with Gasteiger partial charge in [-0.15, -0.1) is 0 Å². The molecule has 0 aromatic rings. The molecule has 48 heavy (non-hydrogen) atoms. The quantitative estimate of drug-likeness (QED) is 0.0693. The maximum absolute atomic E-state index is 12.2. The zero-order chi connectivity index (χ0) is 35.7. The van der Waals surface area contributed by atoms with Crippen LogP contribution in [0.3, 0.4) is 0 Å². The van der Waals surface area contributed by atoms with Gasteiger partial charge in [-0.1, -0.05) is 0 Å². The third-order valence-electron chi connectivity index (χ3n) is 8.70. The molecule has 0 saturated carbocycles. The predicted octanol–water partition coefficient (Wildman–Crippen LogP) is -5.19. The molecule has 0 aromatic carbocycles. The lowest BCUT2D eigenvalue weighted by atomic mass is 9.85. The van der Waals surface area contributed by atoms with Gasteiger partial charge in [-0.05, 0) is 0 Å². The van der Waals surface area contributed by atoms with E-state index in [1.165, 1.54) is 20.8 Å². The summed E-state index contributed by atoms with van der Waals surface area (Å²) >= 11 is 1.66. The Balaban J connectivity index is 1.70. The summed E-state index contributed by atoms with van der Waals surface area (Å²) in [6, 6.07) is -3.07. The molecule has 278 valence electrons. The van der Waals surface area contributed by atoms with Gasteiger partial charge in [0.05, 0.1) is 76.6 Å². The number of ether oxygens (including phenoxy) is 5. The summed E-state index contributed by atoms with van der Waals surface area (Å²) in [5.41, 5.74) is 0. The largest absolute Gasteiger partial charge is 0.394 e. The van der Waals surface area contributed by atoms with Crippen molar-refractivity contribution in [2.24, 2.45) is 11.8 Å². The lowest BCUT2D eigenvalue weighted by Gasteiger charge is -2.46. The first-order valence-electron chi connectivity index (χ1n) is 15.5. The Morgan fingerprint density at radius 3 is 1.56 bits per heavy atom. The fourth-order valence-electron chi connectivity index (χ4n) is 6.34. The molecule has 0 radical (unpaired) electrons. The highest BCUT2D eigenvalue weighted by Gasteiger charge is 2.49. The monoisotopic (exact) mass is 809 g/mol. The molecule has 0 aromatic heterocycles. The molecule has 0 bridgehead atoms. The van der Waals surface area contributed by atoms with Crippen molar-refractivity contribution in [2.45, 2.75) is 100 Å². The number of aliphatic hydroxyl groups excluding tert-OH is 7. The molecule has 20 heteroatoms. The van der Waals surface area contributed by atoms with Crippen LogP contribution in [0.4, 0.5) is 0 Å². The maximum atomic E-state index is 12.2. The average molecular weight is 810 g/mol. The first-order chi connectivity index (χ1) is 22.8. The number of nitrogens with one attached hydrogen (secondary N) is 3. The van der Waals surface area contributed by atoms with Gasteiger partial charge in [0.2, 0.25) is 17.7 Å². The van der Waals surface area contributed by atoms with Gasteiger partial charge in [0.25, 0.3) is 0 Å². The van der Waals surface area contributed by atoms with Crippen LogP contribution in [0.15, 0.2) is 0 Å². The van der Waals surface area contributed by atoms with Crippen molar-refractivity contribution in [3.63, 3.8) is 0 Å². The van der Waals surface area contributed by atoms with Gasteiger partial charge < -0.3 is 78.4 Å². The molecule has 3 aliphatic rings. The first kappa shape index (κ1) is 41.0. The summed E-state index contributed by atoms with van der Waals surface area (Å²) < 4.78 is 34.8. The van der Waals surface area contributed by atoms with Crippen LogP contribution in [0.1, 0.15) is 20.8 Å². The number of aliphatic hydroxyl groups is 7. The van der Waals surface area contributed by atoms with Gasteiger partial charge in [-0.3, -0.25) is 14.4 Å². The fourth-order valence-corrected chi connectivity index (χ4v) is 7.03. The molecule has 19 nitrogen and oxygen atoms in total. The van der Waals surface area contributed by atoms with Crippen LogP contribution >= 0.6 is 23.0 Å². The summed E-state index contributed by atoms with van der Waals surface area (Å²) in [7, 11) is 0. The molecule has 3 aliphatic heterocycles. The second kappa shape index (κ2) is 19.3. The Morgan fingerprint density at radius 2 is 1.04 bits per heavy atom. The van der Waals surface area contributed by atoms with Gasteiger partial charge in [0, 0.05) is 32.6 Å². The number of carbonyl (C=O) groups is 3. The highest BCUT2D eigenvalue weighted by atomic mass is 127. The maximum Gasteiger partial charge on any atom is 0.217 e. The second-order valence-electron chi connectivity index (χ2n) is 12.1. The van der Waals surface area contributed by atoms with Crippen molar-refractivity contribution in [2.75, 3.05) is 46.2 Å². The van der Waals surface area contributed by atoms with E-state index in [-0.39, 0.29) is 26.4 Å². The van der Waals surface area contributed by atoms with E-state index in [0.29, 0.717) is 0 Å². The van der Waals surface area contributed by atoms with Crippen molar-refractivity contribution >= 4 is 40.7 Å². The molecule has 6 unspecified atom stereocenters. The molecule has 0 aliphatic carbocycles. The van der Waals surface area contributed by atoms with Gasteiger partial charge >= 0.3 is 0 Å². The van der Waals surface area contributed by atoms with Crippen LogP contribution in [-0.2, 0) is 41.1 Å². The van der Waals surface area contributed by atoms with Gasteiger partial charge in [-0.25, -0.2) is 0 Å². The standard InChI is InChI=1S/C28H48IN3O16/c1-11(36)30-21-19(46-18(6-35)25(40)26(21)41)9-44-8-15-17(5-34)45-20(22(27(15)48-29)31-12(2)37)10-43-7-14-16(4-33)47-28(42)23(24(14)39)32-13(3)38/h14-28,33-35,39-42H,4-10H2,1-3H3,(H,30,36)(H,31,37)(H,32,38)/t14-,15+,16?,17?,18?,19+,20+,21?,22?,23?,24+,25-,26-,27+,28-/m1/s1. The van der Waals surface area contributed by atoms with Gasteiger partial charge in [0.1, 0.15) is 65.7 Å². The van der Waals surface area contributed by atoms with E-state index in [9.17, 15) is 50.1 Å². The van der Waals surface area contributed by atoms with Crippen LogP contribution in [0.5, 0.6) is 0 Å². The second-order valence-corrected chi connectivity index (χ2v) is 12.7. The Labute approximate surface area is 291 Å². The van der Waals surface area contributed by atoms with Crippen LogP contribution in [-0.4, -0.2) is 179 Å². The summed E-state index contributed by atoms with van der Waals surface area (Å²) in [6.45, 7) is 1.37. The Kier molecular flexibility index (Phi) is 16.5. The minimum Gasteiger partial charge on any atom is -0.394 e. The van der Waals surface area contributed by atoms with E-state index in [1.54, 1.807) is 23.0 Å². The van der Waals surface area contributed by atoms with Crippen LogP contribution in [0.25, 0.3) is 0 Å². The average Bonchev–Trinajstić information content (AvgIpc) is 3.03. The Morgan fingerprint density at radius 1 is 0.583 bits per heavy atom. The van der Waals surface area contributed by atoms with Crippen LogP contribution < -0.4 is 16.0 Å². The number of hydrogen-bond acceptors (Lipinski definition) is 16. The van der Waals surface area contributed by atoms with Gasteiger partial charge in [-0.2, -0.15) is 0 Å². The van der Waals surface area contributed by atoms with Crippen LogP contribution in [0.2, 0.25) is 0 Å². The Hall–Kier alpha value is -1.38. The van der Waals surface area contributed by atoms with Crippen molar-refractivity contribution in [3.8, 4) is 0 Å². The van der Waals surface area contributed by atoms with E-state index in [0.717, 1.165) is 0 Å². The highest BCUT2D eigenvalue weighted by Crippen LogP contribution is 2.32. The molecule has 3 fully saturated rings. The molecular weight excluding hydrogens is 761 g/mol. The van der Waals surface area contributed by atoms with E-state index < -0.39 is 129 Å². The Bertz CT molecular complexity index is 1050. The summed E-state index contributed by atoms with van der Waals surface area (Å²) in [4.78, 5) is 35.6. The lowest BCUT2D eigenvalue weighted by molar-refractivity contribution is -0.248. The number of rotatable bonds is 15. The molecule has 0 spiro atoms. The molecule has 15 atom stereocenters. The highest BCUT2D eigenvalue weighted by molar-refractivity contribution is 14.1.